The van der Waals surface area contributed by atoms with Gasteiger partial charge in [0.15, 0.2) is 0 Å². The molecule has 2 N–H and O–H groups in total. The number of aromatic amines is 1. The van der Waals surface area contributed by atoms with Crippen molar-refractivity contribution in [2.45, 2.75) is 19.8 Å². The van der Waals surface area contributed by atoms with Crippen LogP contribution in [-0.2, 0) is 6.42 Å². The summed E-state index contributed by atoms with van der Waals surface area (Å²) in [7, 11) is 0. The van der Waals surface area contributed by atoms with E-state index in [-0.39, 0.29) is 5.69 Å². The molecule has 0 spiro atoms. The number of aromatic carboxylic acids is 1. The Balaban J connectivity index is 1.42. The number of rotatable bonds is 7. The van der Waals surface area contributed by atoms with Gasteiger partial charge in [-0.05, 0) is 48.6 Å². The third-order valence-electron chi connectivity index (χ3n) is 5.98. The molecule has 0 aliphatic heterocycles. The van der Waals surface area contributed by atoms with Gasteiger partial charge in [-0.2, -0.15) is 0 Å². The zero-order valence-corrected chi connectivity index (χ0v) is 19.3. The van der Waals surface area contributed by atoms with Crippen molar-refractivity contribution in [1.29, 1.82) is 0 Å². The van der Waals surface area contributed by atoms with Crippen LogP contribution in [0.15, 0.2) is 67.0 Å². The van der Waals surface area contributed by atoms with Gasteiger partial charge < -0.3 is 14.8 Å². The number of benzene rings is 3. The number of nitrogens with zero attached hydrogens (tertiary/aromatic N) is 2. The molecule has 0 unspecified atom stereocenters. The molecule has 6 nitrogen and oxygen atoms in total. The second kappa shape index (κ2) is 9.15. The highest BCUT2D eigenvalue weighted by molar-refractivity contribution is 6.35. The number of aryl methyl sites for hydroxylation is 2. The van der Waals surface area contributed by atoms with Crippen LogP contribution in [0.1, 0.15) is 28.0 Å². The quantitative estimate of drug-likeness (QED) is 0.266. The number of halogens is 1. The number of carboxylic acids is 1. The number of para-hydroxylation sites is 2. The van der Waals surface area contributed by atoms with Crippen LogP contribution in [0.5, 0.6) is 5.88 Å². The summed E-state index contributed by atoms with van der Waals surface area (Å²) in [5.74, 6) is -0.508. The van der Waals surface area contributed by atoms with Crippen LogP contribution in [0.4, 0.5) is 0 Å². The Hall–Kier alpha value is -3.90. The smallest absolute Gasteiger partial charge is 0.352 e. The van der Waals surface area contributed by atoms with Gasteiger partial charge in [0.2, 0.25) is 5.88 Å². The van der Waals surface area contributed by atoms with Gasteiger partial charge in [-0.1, -0.05) is 60.1 Å². The van der Waals surface area contributed by atoms with Crippen molar-refractivity contribution < 1.29 is 14.6 Å². The molecule has 2 heterocycles. The molecule has 0 saturated heterocycles. The molecule has 3 aromatic carbocycles. The van der Waals surface area contributed by atoms with Gasteiger partial charge >= 0.3 is 5.97 Å². The highest BCUT2D eigenvalue weighted by Gasteiger charge is 2.19. The zero-order valence-electron chi connectivity index (χ0n) is 18.5. The fourth-order valence-corrected chi connectivity index (χ4v) is 4.60. The Kier molecular flexibility index (Phi) is 5.90. The van der Waals surface area contributed by atoms with Crippen LogP contribution in [0.25, 0.3) is 32.9 Å². The Labute approximate surface area is 201 Å². The molecule has 34 heavy (non-hydrogen) atoms. The Morgan fingerprint density at radius 3 is 2.59 bits per heavy atom. The molecule has 0 radical (unpaired) electrons. The number of nitrogens with one attached hydrogen (secondary N) is 1. The average molecular weight is 472 g/mol. The first-order chi connectivity index (χ1) is 16.5. The summed E-state index contributed by atoms with van der Waals surface area (Å²) >= 11 is 6.22. The molecule has 5 rings (SSSR count). The summed E-state index contributed by atoms with van der Waals surface area (Å²) in [5, 5.41) is 12.1. The number of hydrogen-bond donors (Lipinski definition) is 2. The highest BCUT2D eigenvalue weighted by atomic mass is 35.5. The van der Waals surface area contributed by atoms with Crippen molar-refractivity contribution in [3.8, 4) is 17.0 Å². The molecule has 0 fully saturated rings. The Morgan fingerprint density at radius 1 is 1.00 bits per heavy atom. The fraction of sp³-hybridized carbons (Fsp3) is 0.148. The van der Waals surface area contributed by atoms with Gasteiger partial charge in [0.25, 0.3) is 0 Å². The van der Waals surface area contributed by atoms with Crippen molar-refractivity contribution in [1.82, 2.24) is 15.0 Å². The number of carboxylic acid groups (broad SMARTS) is 1. The van der Waals surface area contributed by atoms with Crippen molar-refractivity contribution in [3.05, 3.63) is 88.8 Å². The van der Waals surface area contributed by atoms with E-state index >= 15 is 0 Å². The summed E-state index contributed by atoms with van der Waals surface area (Å²) in [6, 6.07) is 19.5. The molecule has 5 aromatic rings. The maximum atomic E-state index is 12.0. The third kappa shape index (κ3) is 3.97. The summed E-state index contributed by atoms with van der Waals surface area (Å²) in [6.07, 6.45) is 2.59. The lowest BCUT2D eigenvalue weighted by molar-refractivity contribution is 0.0690. The third-order valence-corrected chi connectivity index (χ3v) is 6.28. The Bertz CT molecular complexity index is 1530. The molecule has 2 aromatic heterocycles. The van der Waals surface area contributed by atoms with Gasteiger partial charge in [-0.25, -0.2) is 14.8 Å². The Morgan fingerprint density at radius 2 is 1.76 bits per heavy atom. The predicted molar refractivity (Wildman–Crippen MR) is 134 cm³/mol. The first-order valence-corrected chi connectivity index (χ1v) is 11.4. The average Bonchev–Trinajstić information content (AvgIpc) is 3.22. The van der Waals surface area contributed by atoms with Crippen molar-refractivity contribution >= 4 is 39.4 Å². The van der Waals surface area contributed by atoms with Crippen LogP contribution in [0, 0.1) is 6.92 Å². The minimum Gasteiger partial charge on any atom is -0.477 e. The number of carbonyl (C=O) groups is 1. The summed E-state index contributed by atoms with van der Waals surface area (Å²) in [4.78, 5) is 23.7. The largest absolute Gasteiger partial charge is 0.477 e. The van der Waals surface area contributed by atoms with E-state index in [1.165, 1.54) is 6.33 Å². The first kappa shape index (κ1) is 21.9. The normalized spacial score (nSPS) is 11.2. The minimum absolute atomic E-state index is 0.218. The SMILES string of the molecule is Cc1ccccc1-c1cccc2c(CCCOc3ncnc4c(Cl)cccc34)c(C(=O)O)[nH]c12. The molecular formula is C27H22ClN3O3. The van der Waals surface area contributed by atoms with E-state index in [1.54, 1.807) is 6.07 Å². The van der Waals surface area contributed by atoms with Crippen LogP contribution >= 0.6 is 11.6 Å². The van der Waals surface area contributed by atoms with Gasteiger partial charge in [-0.3, -0.25) is 0 Å². The van der Waals surface area contributed by atoms with E-state index in [0.29, 0.717) is 35.9 Å². The summed E-state index contributed by atoms with van der Waals surface area (Å²) < 4.78 is 5.93. The molecule has 0 aliphatic carbocycles. The van der Waals surface area contributed by atoms with E-state index in [2.05, 4.69) is 34.0 Å². The monoisotopic (exact) mass is 471 g/mol. The fourth-order valence-electron chi connectivity index (χ4n) is 4.38. The van der Waals surface area contributed by atoms with E-state index in [9.17, 15) is 9.90 Å². The van der Waals surface area contributed by atoms with Gasteiger partial charge in [0.1, 0.15) is 12.0 Å². The van der Waals surface area contributed by atoms with E-state index in [1.807, 2.05) is 42.5 Å². The summed E-state index contributed by atoms with van der Waals surface area (Å²) in [6.45, 7) is 2.43. The van der Waals surface area contributed by atoms with E-state index < -0.39 is 5.97 Å². The number of hydrogen-bond acceptors (Lipinski definition) is 4. The van der Waals surface area contributed by atoms with Crippen molar-refractivity contribution in [3.63, 3.8) is 0 Å². The minimum atomic E-state index is -0.973. The number of H-pyrrole nitrogens is 1. The summed E-state index contributed by atoms with van der Waals surface area (Å²) in [5.41, 5.74) is 5.67. The second-order valence-corrected chi connectivity index (χ2v) is 8.50. The maximum absolute atomic E-state index is 12.0. The van der Waals surface area contributed by atoms with E-state index in [4.69, 9.17) is 16.3 Å². The lowest BCUT2D eigenvalue weighted by atomic mass is 9.97. The number of fused-ring (bicyclic) bond motifs is 2. The second-order valence-electron chi connectivity index (χ2n) is 8.09. The first-order valence-electron chi connectivity index (χ1n) is 11.0. The van der Waals surface area contributed by atoms with Gasteiger partial charge in [0.05, 0.1) is 28.0 Å². The maximum Gasteiger partial charge on any atom is 0.352 e. The molecule has 170 valence electrons. The standard InChI is InChI=1S/C27H22ClN3O3/c1-16-7-2-3-8-17(16)18-9-4-10-19-20(25(27(32)33)31-23(18)19)12-6-14-34-26-21-11-5-13-22(28)24(21)29-15-30-26/h2-5,7-11,13,15,31H,6,12,14H2,1H3,(H,32,33). The lowest BCUT2D eigenvalue weighted by Crippen LogP contribution is -2.05. The van der Waals surface area contributed by atoms with Crippen LogP contribution in [-0.4, -0.2) is 32.6 Å². The van der Waals surface area contributed by atoms with Crippen LogP contribution < -0.4 is 4.74 Å². The molecule has 7 heteroatoms. The molecule has 0 amide bonds. The van der Waals surface area contributed by atoms with Gasteiger partial charge in [-0.15, -0.1) is 0 Å². The van der Waals surface area contributed by atoms with Crippen molar-refractivity contribution in [2.24, 2.45) is 0 Å². The van der Waals surface area contributed by atoms with Crippen LogP contribution in [0.3, 0.4) is 0 Å². The number of ether oxygens (including phenoxy) is 1. The molecular weight excluding hydrogens is 450 g/mol. The van der Waals surface area contributed by atoms with Crippen molar-refractivity contribution in [2.75, 3.05) is 6.61 Å². The topological polar surface area (TPSA) is 88.1 Å². The van der Waals surface area contributed by atoms with E-state index in [0.717, 1.165) is 38.5 Å². The van der Waals surface area contributed by atoms with Gasteiger partial charge in [0, 0.05) is 10.9 Å². The zero-order chi connectivity index (χ0) is 23.7. The van der Waals surface area contributed by atoms with Crippen LogP contribution in [0.2, 0.25) is 5.02 Å². The lowest BCUT2D eigenvalue weighted by Gasteiger charge is -2.09. The predicted octanol–water partition coefficient (Wildman–Crippen LogP) is 6.45. The number of aromatic nitrogens is 3. The molecule has 0 saturated carbocycles. The molecule has 0 bridgehead atoms. The molecule has 0 aliphatic rings. The highest BCUT2D eigenvalue weighted by Crippen LogP contribution is 2.34. The molecule has 0 atom stereocenters.